The van der Waals surface area contributed by atoms with Crippen LogP contribution in [-0.2, 0) is 19.6 Å². The molecule has 25 heavy (non-hydrogen) atoms. The van der Waals surface area contributed by atoms with E-state index in [9.17, 15) is 0 Å². The Morgan fingerprint density at radius 3 is 2.84 bits per heavy atom. The number of hydrogen-bond acceptors (Lipinski definition) is 4. The molecule has 0 spiro atoms. The molecule has 0 saturated heterocycles. The van der Waals surface area contributed by atoms with Gasteiger partial charge in [-0.25, -0.2) is 0 Å². The van der Waals surface area contributed by atoms with E-state index >= 15 is 0 Å². The van der Waals surface area contributed by atoms with Crippen molar-refractivity contribution in [3.8, 4) is 5.75 Å². The van der Waals surface area contributed by atoms with Crippen molar-refractivity contribution in [2.75, 3.05) is 6.54 Å². The minimum atomic E-state index is 0.495. The van der Waals surface area contributed by atoms with Crippen LogP contribution in [0.15, 0.2) is 60.1 Å². The third-order valence-electron chi connectivity index (χ3n) is 4.83. The average Bonchev–Trinajstić information content (AvgIpc) is 3.14. The molecule has 1 aliphatic heterocycles. The van der Waals surface area contributed by atoms with Crippen molar-refractivity contribution in [3.63, 3.8) is 0 Å². The summed E-state index contributed by atoms with van der Waals surface area (Å²) in [6.45, 7) is 4.93. The first-order valence-electron chi connectivity index (χ1n) is 8.71. The molecule has 0 aliphatic carbocycles. The SMILES string of the molecule is C[C@H]1c2ccsc2CCN1Cc1ccc(OCc2ccccn2)cc1. The normalized spacial score (nSPS) is 17.2. The first kappa shape index (κ1) is 16.3. The van der Waals surface area contributed by atoms with Gasteiger partial charge in [0.05, 0.1) is 5.69 Å². The number of thiophene rings is 1. The smallest absolute Gasteiger partial charge is 0.130 e. The van der Waals surface area contributed by atoms with Gasteiger partial charge in [0.1, 0.15) is 12.4 Å². The quantitative estimate of drug-likeness (QED) is 0.658. The number of hydrogen-bond donors (Lipinski definition) is 0. The Balaban J connectivity index is 1.36. The number of benzene rings is 1. The number of pyridine rings is 1. The molecule has 0 bridgehead atoms. The predicted molar refractivity (Wildman–Crippen MR) is 102 cm³/mol. The van der Waals surface area contributed by atoms with Crippen LogP contribution in [0.25, 0.3) is 0 Å². The third kappa shape index (κ3) is 3.75. The molecule has 0 saturated carbocycles. The Morgan fingerprint density at radius 2 is 2.04 bits per heavy atom. The second kappa shape index (κ2) is 7.38. The van der Waals surface area contributed by atoms with E-state index in [-0.39, 0.29) is 0 Å². The molecule has 128 valence electrons. The van der Waals surface area contributed by atoms with Gasteiger partial charge in [-0.1, -0.05) is 18.2 Å². The summed E-state index contributed by atoms with van der Waals surface area (Å²) in [4.78, 5) is 8.39. The average molecular weight is 350 g/mol. The van der Waals surface area contributed by atoms with Crippen molar-refractivity contribution in [2.24, 2.45) is 0 Å². The summed E-state index contributed by atoms with van der Waals surface area (Å²) in [5.74, 6) is 0.890. The Morgan fingerprint density at radius 1 is 1.16 bits per heavy atom. The standard InChI is InChI=1S/C21H22N2OS/c1-16-20-10-13-25-21(20)9-12-23(16)14-17-5-7-19(8-6-17)24-15-18-4-2-3-11-22-18/h2-8,10-11,13,16H,9,12,14-15H2,1H3/t16-/m0/s1. The summed E-state index contributed by atoms with van der Waals surface area (Å²) in [7, 11) is 0. The fourth-order valence-electron chi connectivity index (χ4n) is 3.34. The molecule has 2 aromatic heterocycles. The Hall–Kier alpha value is -2.17. The maximum Gasteiger partial charge on any atom is 0.130 e. The molecule has 0 N–H and O–H groups in total. The van der Waals surface area contributed by atoms with Crippen LogP contribution in [0.4, 0.5) is 0 Å². The highest BCUT2D eigenvalue weighted by Crippen LogP contribution is 2.33. The fourth-order valence-corrected chi connectivity index (χ4v) is 4.31. The van der Waals surface area contributed by atoms with Crippen molar-refractivity contribution in [1.82, 2.24) is 9.88 Å². The van der Waals surface area contributed by atoms with Gasteiger partial charge in [-0.15, -0.1) is 11.3 Å². The van der Waals surface area contributed by atoms with Gasteiger partial charge in [-0.2, -0.15) is 0 Å². The van der Waals surface area contributed by atoms with E-state index in [0.29, 0.717) is 12.6 Å². The van der Waals surface area contributed by atoms with Crippen LogP contribution in [0, 0.1) is 0 Å². The van der Waals surface area contributed by atoms with Gasteiger partial charge in [0.25, 0.3) is 0 Å². The van der Waals surface area contributed by atoms with E-state index in [1.54, 1.807) is 11.1 Å². The number of rotatable bonds is 5. The van der Waals surface area contributed by atoms with Gasteiger partial charge in [0.2, 0.25) is 0 Å². The monoisotopic (exact) mass is 350 g/mol. The maximum atomic E-state index is 5.82. The van der Waals surface area contributed by atoms with Crippen molar-refractivity contribution in [3.05, 3.63) is 81.8 Å². The summed E-state index contributed by atoms with van der Waals surface area (Å²) in [5.41, 5.74) is 3.78. The maximum absolute atomic E-state index is 5.82. The largest absolute Gasteiger partial charge is 0.487 e. The zero-order valence-electron chi connectivity index (χ0n) is 14.4. The van der Waals surface area contributed by atoms with Gasteiger partial charge in [-0.05, 0) is 60.2 Å². The van der Waals surface area contributed by atoms with Gasteiger partial charge in [0, 0.05) is 30.2 Å². The van der Waals surface area contributed by atoms with Crippen LogP contribution in [0.1, 0.15) is 34.7 Å². The first-order valence-corrected chi connectivity index (χ1v) is 9.59. The van der Waals surface area contributed by atoms with E-state index in [1.807, 2.05) is 29.5 Å². The third-order valence-corrected chi connectivity index (χ3v) is 5.82. The first-order chi connectivity index (χ1) is 12.3. The lowest BCUT2D eigenvalue weighted by molar-refractivity contribution is 0.191. The Labute approximate surface area is 152 Å². The van der Waals surface area contributed by atoms with Crippen molar-refractivity contribution in [2.45, 2.75) is 32.5 Å². The predicted octanol–water partition coefficient (Wildman–Crippen LogP) is 4.84. The molecule has 0 fully saturated rings. The van der Waals surface area contributed by atoms with E-state index in [0.717, 1.165) is 24.5 Å². The molecule has 3 heterocycles. The molecule has 3 aromatic rings. The second-order valence-electron chi connectivity index (χ2n) is 6.45. The van der Waals surface area contributed by atoms with E-state index in [4.69, 9.17) is 4.74 Å². The van der Waals surface area contributed by atoms with E-state index < -0.39 is 0 Å². The molecular weight excluding hydrogens is 328 g/mol. The zero-order valence-corrected chi connectivity index (χ0v) is 15.2. The molecular formula is C21H22N2OS. The molecule has 0 amide bonds. The Kier molecular flexibility index (Phi) is 4.81. The second-order valence-corrected chi connectivity index (χ2v) is 7.45. The highest BCUT2D eigenvalue weighted by Gasteiger charge is 2.24. The van der Waals surface area contributed by atoms with Crippen molar-refractivity contribution >= 4 is 11.3 Å². The highest BCUT2D eigenvalue weighted by atomic mass is 32.1. The lowest BCUT2D eigenvalue weighted by atomic mass is 10.0. The molecule has 4 rings (SSSR count). The minimum Gasteiger partial charge on any atom is -0.487 e. The van der Waals surface area contributed by atoms with Gasteiger partial charge in [0.15, 0.2) is 0 Å². The number of fused-ring (bicyclic) bond motifs is 1. The van der Waals surface area contributed by atoms with Crippen LogP contribution in [0.3, 0.4) is 0 Å². The van der Waals surface area contributed by atoms with Crippen LogP contribution < -0.4 is 4.74 Å². The van der Waals surface area contributed by atoms with Crippen LogP contribution in [-0.4, -0.2) is 16.4 Å². The topological polar surface area (TPSA) is 25.4 Å². The summed E-state index contributed by atoms with van der Waals surface area (Å²) >= 11 is 1.89. The van der Waals surface area contributed by atoms with Crippen LogP contribution in [0.5, 0.6) is 5.75 Å². The number of nitrogens with zero attached hydrogens (tertiary/aromatic N) is 2. The molecule has 0 radical (unpaired) electrons. The lowest BCUT2D eigenvalue weighted by Gasteiger charge is -2.33. The summed E-state index contributed by atoms with van der Waals surface area (Å²) in [6.07, 6.45) is 2.96. The lowest BCUT2D eigenvalue weighted by Crippen LogP contribution is -2.32. The van der Waals surface area contributed by atoms with E-state index in [2.05, 4.69) is 52.5 Å². The van der Waals surface area contributed by atoms with Gasteiger partial charge in [-0.3, -0.25) is 9.88 Å². The number of ether oxygens (including phenoxy) is 1. The summed E-state index contributed by atoms with van der Waals surface area (Å²) < 4.78 is 5.82. The molecule has 1 aromatic carbocycles. The fraction of sp³-hybridized carbons (Fsp3) is 0.286. The number of aromatic nitrogens is 1. The molecule has 4 heteroatoms. The molecule has 0 unspecified atom stereocenters. The molecule has 1 aliphatic rings. The summed E-state index contributed by atoms with van der Waals surface area (Å²) in [6, 6.07) is 17.1. The van der Waals surface area contributed by atoms with E-state index in [1.165, 1.54) is 17.5 Å². The Bertz CT molecular complexity index is 813. The van der Waals surface area contributed by atoms with Crippen LogP contribution >= 0.6 is 11.3 Å². The molecule has 3 nitrogen and oxygen atoms in total. The highest BCUT2D eigenvalue weighted by molar-refractivity contribution is 7.10. The van der Waals surface area contributed by atoms with Crippen molar-refractivity contribution in [1.29, 1.82) is 0 Å². The molecule has 1 atom stereocenters. The minimum absolute atomic E-state index is 0.495. The van der Waals surface area contributed by atoms with Crippen LogP contribution in [0.2, 0.25) is 0 Å². The zero-order chi connectivity index (χ0) is 17.1. The summed E-state index contributed by atoms with van der Waals surface area (Å²) in [5, 5.41) is 2.22. The van der Waals surface area contributed by atoms with Gasteiger partial charge >= 0.3 is 0 Å². The van der Waals surface area contributed by atoms with Crippen molar-refractivity contribution < 1.29 is 4.74 Å². The van der Waals surface area contributed by atoms with Gasteiger partial charge < -0.3 is 4.74 Å².